The highest BCUT2D eigenvalue weighted by molar-refractivity contribution is 5.89. The summed E-state index contributed by atoms with van der Waals surface area (Å²) in [7, 11) is 1.10. The highest BCUT2D eigenvalue weighted by atomic mass is 16.6. The second-order valence-electron chi connectivity index (χ2n) is 3.42. The van der Waals surface area contributed by atoms with E-state index in [1.54, 1.807) is 0 Å². The van der Waals surface area contributed by atoms with E-state index in [0.29, 0.717) is 5.75 Å². The van der Waals surface area contributed by atoms with Crippen LogP contribution in [-0.2, 0) is 4.74 Å². The number of phenols is 1. The molecule has 90 valence electrons. The maximum atomic E-state index is 9.66. The van der Waals surface area contributed by atoms with Crippen molar-refractivity contribution < 1.29 is 19.7 Å². The molecule has 17 heavy (non-hydrogen) atoms. The molecule has 4 heteroatoms. The van der Waals surface area contributed by atoms with Crippen molar-refractivity contribution in [2.24, 2.45) is 0 Å². The lowest BCUT2D eigenvalue weighted by Gasteiger charge is -2.02. The zero-order valence-electron chi connectivity index (χ0n) is 9.68. The maximum absolute atomic E-state index is 9.66. The minimum Gasteiger partial charge on any atom is -0.507 e. The summed E-state index contributed by atoms with van der Waals surface area (Å²) in [5.74, 6) is 0.396. The molecule has 2 N–H and O–H groups in total. The fraction of sp³-hybridized carbons (Fsp3) is 0.154. The lowest BCUT2D eigenvalue weighted by atomic mass is 10.1. The number of rotatable bonds is 0. The number of hydrogen-bond donors (Lipinski definition) is 2. The van der Waals surface area contributed by atoms with Crippen molar-refractivity contribution in [2.45, 2.75) is 6.92 Å². The Labute approximate surface area is 99.1 Å². The topological polar surface area (TPSA) is 66.8 Å². The van der Waals surface area contributed by atoms with E-state index in [9.17, 15) is 5.11 Å². The Hall–Kier alpha value is -2.23. The number of carboxylic acid groups (broad SMARTS) is 1. The molecule has 0 radical (unpaired) electrons. The Kier molecular flexibility index (Phi) is 4.34. The highest BCUT2D eigenvalue weighted by Crippen LogP contribution is 2.27. The summed E-state index contributed by atoms with van der Waals surface area (Å²) in [5, 5.41) is 19.2. The van der Waals surface area contributed by atoms with Crippen LogP contribution in [0.2, 0.25) is 0 Å². The lowest BCUT2D eigenvalue weighted by Crippen LogP contribution is -1.91. The summed E-state index contributed by atoms with van der Waals surface area (Å²) < 4.78 is 3.67. The van der Waals surface area contributed by atoms with E-state index in [1.165, 1.54) is 0 Å². The Morgan fingerprint density at radius 2 is 1.76 bits per heavy atom. The third-order valence-corrected chi connectivity index (χ3v) is 2.28. The van der Waals surface area contributed by atoms with Gasteiger partial charge < -0.3 is 14.9 Å². The number of aryl methyl sites for hydroxylation is 1. The second-order valence-corrected chi connectivity index (χ2v) is 3.42. The zero-order chi connectivity index (χ0) is 12.8. The van der Waals surface area contributed by atoms with Gasteiger partial charge in [0.25, 0.3) is 0 Å². The van der Waals surface area contributed by atoms with Crippen molar-refractivity contribution in [3.05, 3.63) is 42.0 Å². The first-order chi connectivity index (χ1) is 8.06. The fourth-order valence-electron chi connectivity index (χ4n) is 1.36. The highest BCUT2D eigenvalue weighted by Gasteiger charge is 2.00. The molecule has 0 saturated carbocycles. The summed E-state index contributed by atoms with van der Waals surface area (Å²) >= 11 is 0. The first-order valence-corrected chi connectivity index (χ1v) is 5.00. The molecule has 0 bridgehead atoms. The van der Waals surface area contributed by atoms with Gasteiger partial charge in [0.15, 0.2) is 0 Å². The van der Waals surface area contributed by atoms with E-state index in [-0.39, 0.29) is 0 Å². The molecular formula is C13H14O4. The quantitative estimate of drug-likeness (QED) is 0.687. The van der Waals surface area contributed by atoms with Gasteiger partial charge in [0, 0.05) is 5.39 Å². The number of methoxy groups -OCH3 is 1. The van der Waals surface area contributed by atoms with Crippen LogP contribution in [0.25, 0.3) is 10.8 Å². The number of aromatic hydroxyl groups is 1. The molecule has 0 heterocycles. The zero-order valence-corrected chi connectivity index (χ0v) is 9.68. The van der Waals surface area contributed by atoms with Crippen LogP contribution in [0.5, 0.6) is 5.75 Å². The molecule has 0 spiro atoms. The molecule has 0 aliphatic carbocycles. The molecule has 0 saturated heterocycles. The normalized spacial score (nSPS) is 9.29. The van der Waals surface area contributed by atoms with Crippen LogP contribution in [-0.4, -0.2) is 23.5 Å². The average molecular weight is 234 g/mol. The Balaban J connectivity index is 0.000000249. The molecule has 0 atom stereocenters. The lowest BCUT2D eigenvalue weighted by molar-refractivity contribution is 0.114. The van der Waals surface area contributed by atoms with E-state index in [4.69, 9.17) is 9.90 Å². The summed E-state index contributed by atoms with van der Waals surface area (Å²) in [4.78, 5) is 9.15. The van der Waals surface area contributed by atoms with Gasteiger partial charge >= 0.3 is 6.16 Å². The molecule has 0 unspecified atom stereocenters. The van der Waals surface area contributed by atoms with Gasteiger partial charge in [-0.3, -0.25) is 0 Å². The third kappa shape index (κ3) is 3.38. The standard InChI is InChI=1S/C11H10O.C2H4O3/c1-8-6-7-9-4-2-3-5-10(9)11(8)12;1-5-2(3)4/h2-7,12H,1H3;1H3,(H,3,4). The van der Waals surface area contributed by atoms with Crippen LogP contribution in [0.4, 0.5) is 4.79 Å². The number of phenolic OH excluding ortho intramolecular Hbond substituents is 1. The van der Waals surface area contributed by atoms with Gasteiger partial charge in [-0.1, -0.05) is 36.4 Å². The summed E-state index contributed by atoms with van der Waals surface area (Å²) in [6.45, 7) is 1.90. The van der Waals surface area contributed by atoms with Gasteiger partial charge in [0.1, 0.15) is 5.75 Å². The van der Waals surface area contributed by atoms with Gasteiger partial charge in [0.2, 0.25) is 0 Å². The smallest absolute Gasteiger partial charge is 0.505 e. The molecule has 2 aromatic carbocycles. The van der Waals surface area contributed by atoms with Crippen molar-refractivity contribution in [2.75, 3.05) is 7.11 Å². The number of hydrogen-bond acceptors (Lipinski definition) is 3. The van der Waals surface area contributed by atoms with Crippen molar-refractivity contribution in [1.82, 2.24) is 0 Å². The third-order valence-electron chi connectivity index (χ3n) is 2.28. The van der Waals surface area contributed by atoms with E-state index in [0.717, 1.165) is 23.4 Å². The summed E-state index contributed by atoms with van der Waals surface area (Å²) in [6.07, 6.45) is -1.25. The van der Waals surface area contributed by atoms with Crippen molar-refractivity contribution in [3.8, 4) is 5.75 Å². The SMILES string of the molecule is COC(=O)O.Cc1ccc2ccccc2c1O. The minimum absolute atomic E-state index is 0.396. The molecule has 0 fully saturated rings. The first-order valence-electron chi connectivity index (χ1n) is 5.00. The predicted octanol–water partition coefficient (Wildman–Crippen LogP) is 3.16. The van der Waals surface area contributed by atoms with Crippen LogP contribution in [0.1, 0.15) is 5.56 Å². The van der Waals surface area contributed by atoms with E-state index in [1.807, 2.05) is 43.3 Å². The maximum Gasteiger partial charge on any atom is 0.505 e. The Morgan fingerprint density at radius 3 is 2.35 bits per heavy atom. The van der Waals surface area contributed by atoms with Gasteiger partial charge in [-0.2, -0.15) is 0 Å². The van der Waals surface area contributed by atoms with Crippen molar-refractivity contribution >= 4 is 16.9 Å². The van der Waals surface area contributed by atoms with E-state index < -0.39 is 6.16 Å². The first kappa shape index (κ1) is 12.8. The molecule has 0 aromatic heterocycles. The molecule has 0 aliphatic rings. The Morgan fingerprint density at radius 1 is 1.18 bits per heavy atom. The number of benzene rings is 2. The molecule has 0 aliphatic heterocycles. The second kappa shape index (κ2) is 5.75. The van der Waals surface area contributed by atoms with Crippen LogP contribution in [0.3, 0.4) is 0 Å². The molecule has 2 rings (SSSR count). The van der Waals surface area contributed by atoms with Crippen LogP contribution >= 0.6 is 0 Å². The van der Waals surface area contributed by atoms with Gasteiger partial charge in [-0.15, -0.1) is 0 Å². The number of carbonyl (C=O) groups is 1. The van der Waals surface area contributed by atoms with Gasteiger partial charge in [0.05, 0.1) is 7.11 Å². The number of ether oxygens (including phenoxy) is 1. The van der Waals surface area contributed by atoms with Gasteiger partial charge in [-0.05, 0) is 17.9 Å². The van der Waals surface area contributed by atoms with Crippen molar-refractivity contribution in [3.63, 3.8) is 0 Å². The summed E-state index contributed by atoms with van der Waals surface area (Å²) in [5.41, 5.74) is 0.925. The fourth-order valence-corrected chi connectivity index (χ4v) is 1.36. The Bertz CT molecular complexity index is 520. The van der Waals surface area contributed by atoms with E-state index in [2.05, 4.69) is 4.74 Å². The minimum atomic E-state index is -1.25. The van der Waals surface area contributed by atoms with Crippen LogP contribution in [0, 0.1) is 6.92 Å². The molecule has 0 amide bonds. The monoisotopic (exact) mass is 234 g/mol. The molecule has 2 aromatic rings. The van der Waals surface area contributed by atoms with Crippen LogP contribution in [0.15, 0.2) is 36.4 Å². The summed E-state index contributed by atoms with van der Waals surface area (Å²) in [6, 6.07) is 11.8. The molecular weight excluding hydrogens is 220 g/mol. The van der Waals surface area contributed by atoms with Gasteiger partial charge in [-0.25, -0.2) is 4.79 Å². The number of fused-ring (bicyclic) bond motifs is 1. The van der Waals surface area contributed by atoms with E-state index >= 15 is 0 Å². The van der Waals surface area contributed by atoms with Crippen LogP contribution < -0.4 is 0 Å². The average Bonchev–Trinajstić information content (AvgIpc) is 2.35. The predicted molar refractivity (Wildman–Crippen MR) is 65.4 cm³/mol. The molecule has 4 nitrogen and oxygen atoms in total. The largest absolute Gasteiger partial charge is 0.507 e. The van der Waals surface area contributed by atoms with Crippen molar-refractivity contribution in [1.29, 1.82) is 0 Å².